The minimum Gasteiger partial charge on any atom is -0.490 e. The molecule has 0 spiro atoms. The molecule has 0 aliphatic carbocycles. The van der Waals surface area contributed by atoms with Crippen molar-refractivity contribution in [3.05, 3.63) is 78.4 Å². The molecule has 0 radical (unpaired) electrons. The molecule has 5 heteroatoms. The monoisotopic (exact) mass is 377 g/mol. The van der Waals surface area contributed by atoms with Gasteiger partial charge in [0.25, 0.3) is 5.91 Å². The number of fused-ring (bicyclic) bond motifs is 1. The molecule has 0 aromatic heterocycles. The molecular weight excluding hydrogens is 354 g/mol. The zero-order valence-corrected chi connectivity index (χ0v) is 15.8. The summed E-state index contributed by atoms with van der Waals surface area (Å²) in [6, 6.07) is 15.1. The summed E-state index contributed by atoms with van der Waals surface area (Å²) in [6.07, 6.45) is 5.43. The molecule has 0 N–H and O–H groups in total. The number of nitrogens with zero attached hydrogens (tertiary/aromatic N) is 1. The van der Waals surface area contributed by atoms with E-state index in [1.807, 2.05) is 55.5 Å². The van der Waals surface area contributed by atoms with Crippen molar-refractivity contribution >= 4 is 23.6 Å². The Balaban J connectivity index is 1.52. The Bertz CT molecular complexity index is 886. The molecule has 3 rings (SSSR count). The van der Waals surface area contributed by atoms with Crippen LogP contribution in [0.1, 0.15) is 18.1 Å². The Labute approximate surface area is 164 Å². The molecule has 0 unspecified atom stereocenters. The number of benzene rings is 2. The highest BCUT2D eigenvalue weighted by Gasteiger charge is 2.30. The van der Waals surface area contributed by atoms with E-state index in [9.17, 15) is 9.59 Å². The van der Waals surface area contributed by atoms with Crippen LogP contribution in [0.3, 0.4) is 0 Å². The molecule has 1 amide bonds. The summed E-state index contributed by atoms with van der Waals surface area (Å²) in [7, 11) is 0. The fourth-order valence-electron chi connectivity index (χ4n) is 3.19. The van der Waals surface area contributed by atoms with Crippen molar-refractivity contribution in [2.45, 2.75) is 19.4 Å². The van der Waals surface area contributed by atoms with E-state index in [2.05, 4.69) is 6.58 Å². The van der Waals surface area contributed by atoms with E-state index in [0.29, 0.717) is 6.61 Å². The fraction of sp³-hybridized carbons (Fsp3) is 0.217. The van der Waals surface area contributed by atoms with Crippen LogP contribution in [0.4, 0.5) is 5.69 Å². The molecule has 1 aliphatic rings. The van der Waals surface area contributed by atoms with Crippen LogP contribution in [0.15, 0.2) is 67.3 Å². The molecule has 0 saturated heterocycles. The lowest BCUT2D eigenvalue weighted by atomic mass is 10.1. The number of para-hydroxylation sites is 1. The molecule has 144 valence electrons. The number of hydrogen-bond donors (Lipinski definition) is 0. The fourth-order valence-corrected chi connectivity index (χ4v) is 3.19. The van der Waals surface area contributed by atoms with Crippen molar-refractivity contribution in [1.29, 1.82) is 0 Å². The minimum atomic E-state index is -0.555. The third-order valence-corrected chi connectivity index (χ3v) is 4.47. The van der Waals surface area contributed by atoms with Gasteiger partial charge in [0.15, 0.2) is 6.61 Å². The van der Waals surface area contributed by atoms with Gasteiger partial charge in [-0.3, -0.25) is 4.79 Å². The lowest BCUT2D eigenvalue weighted by Gasteiger charge is -2.22. The van der Waals surface area contributed by atoms with Crippen LogP contribution in [0.25, 0.3) is 6.08 Å². The molecule has 0 fully saturated rings. The van der Waals surface area contributed by atoms with Crippen molar-refractivity contribution in [1.82, 2.24) is 0 Å². The molecule has 1 atom stereocenters. The summed E-state index contributed by atoms with van der Waals surface area (Å²) >= 11 is 0. The number of amides is 1. The second-order valence-electron chi connectivity index (χ2n) is 6.56. The normalized spacial score (nSPS) is 15.3. The van der Waals surface area contributed by atoms with Crippen LogP contribution in [0, 0.1) is 0 Å². The van der Waals surface area contributed by atoms with Gasteiger partial charge >= 0.3 is 5.97 Å². The second kappa shape index (κ2) is 9.04. The van der Waals surface area contributed by atoms with Crippen LogP contribution in [0.2, 0.25) is 0 Å². The summed E-state index contributed by atoms with van der Waals surface area (Å²) in [5.41, 5.74) is 2.86. The second-order valence-corrected chi connectivity index (χ2v) is 6.56. The maximum absolute atomic E-state index is 12.5. The van der Waals surface area contributed by atoms with E-state index in [0.717, 1.165) is 29.0 Å². The average Bonchev–Trinajstić information content (AvgIpc) is 3.05. The van der Waals surface area contributed by atoms with Crippen molar-refractivity contribution in [2.75, 3.05) is 18.1 Å². The van der Waals surface area contributed by atoms with Crippen LogP contribution in [-0.4, -0.2) is 31.1 Å². The first-order valence-corrected chi connectivity index (χ1v) is 9.17. The lowest BCUT2D eigenvalue weighted by Crippen LogP contribution is -2.38. The molecule has 2 aromatic carbocycles. The predicted molar refractivity (Wildman–Crippen MR) is 109 cm³/mol. The molecule has 0 bridgehead atoms. The summed E-state index contributed by atoms with van der Waals surface area (Å²) < 4.78 is 10.5. The summed E-state index contributed by atoms with van der Waals surface area (Å²) in [5, 5.41) is 0. The number of carbonyl (C=O) groups is 2. The van der Waals surface area contributed by atoms with Crippen LogP contribution >= 0.6 is 0 Å². The van der Waals surface area contributed by atoms with Crippen molar-refractivity contribution < 1.29 is 19.1 Å². The van der Waals surface area contributed by atoms with Gasteiger partial charge in [0.2, 0.25) is 0 Å². The highest BCUT2D eigenvalue weighted by molar-refractivity contribution is 5.98. The first-order valence-electron chi connectivity index (χ1n) is 9.17. The third-order valence-electron chi connectivity index (χ3n) is 4.47. The van der Waals surface area contributed by atoms with Crippen LogP contribution < -0.4 is 9.64 Å². The molecule has 1 aliphatic heterocycles. The molecular formula is C23H23NO4. The molecule has 1 heterocycles. The van der Waals surface area contributed by atoms with Crippen molar-refractivity contribution in [3.63, 3.8) is 0 Å². The molecule has 28 heavy (non-hydrogen) atoms. The zero-order valence-electron chi connectivity index (χ0n) is 15.8. The smallest absolute Gasteiger partial charge is 0.331 e. The quantitative estimate of drug-likeness (QED) is 0.419. The van der Waals surface area contributed by atoms with E-state index >= 15 is 0 Å². The maximum Gasteiger partial charge on any atom is 0.331 e. The first-order chi connectivity index (χ1) is 13.6. The number of anilines is 1. The number of hydrogen-bond acceptors (Lipinski definition) is 4. The average molecular weight is 377 g/mol. The van der Waals surface area contributed by atoms with Gasteiger partial charge in [0, 0.05) is 17.8 Å². The summed E-state index contributed by atoms with van der Waals surface area (Å²) in [5.74, 6) is -0.0476. The van der Waals surface area contributed by atoms with Gasteiger partial charge in [0.05, 0.1) is 0 Å². The lowest BCUT2D eigenvalue weighted by molar-refractivity contribution is -0.143. The number of ether oxygens (including phenoxy) is 2. The SMILES string of the molecule is C=CCOc1ccc(/C=C\C(=O)OCC(=O)N2c3ccccc3C[C@H]2C)cc1. The Morgan fingerprint density at radius 3 is 2.68 bits per heavy atom. The highest BCUT2D eigenvalue weighted by Crippen LogP contribution is 2.31. The Morgan fingerprint density at radius 1 is 1.18 bits per heavy atom. The largest absolute Gasteiger partial charge is 0.490 e. The molecule has 2 aromatic rings. The van der Waals surface area contributed by atoms with E-state index < -0.39 is 5.97 Å². The maximum atomic E-state index is 12.5. The van der Waals surface area contributed by atoms with Gasteiger partial charge in [0.1, 0.15) is 12.4 Å². The predicted octanol–water partition coefficient (Wildman–Crippen LogP) is 3.79. The van der Waals surface area contributed by atoms with Gasteiger partial charge in [-0.2, -0.15) is 0 Å². The summed E-state index contributed by atoms with van der Waals surface area (Å²) in [4.78, 5) is 26.2. The van der Waals surface area contributed by atoms with Gasteiger partial charge < -0.3 is 14.4 Å². The van der Waals surface area contributed by atoms with Crippen molar-refractivity contribution in [3.8, 4) is 5.75 Å². The highest BCUT2D eigenvalue weighted by atomic mass is 16.5. The first kappa shape index (κ1) is 19.4. The number of rotatable bonds is 7. The summed E-state index contributed by atoms with van der Waals surface area (Å²) in [6.45, 7) is 5.74. The third kappa shape index (κ3) is 4.68. The van der Waals surface area contributed by atoms with Crippen LogP contribution in [0.5, 0.6) is 5.75 Å². The van der Waals surface area contributed by atoms with E-state index in [-0.39, 0.29) is 18.6 Å². The van der Waals surface area contributed by atoms with Crippen LogP contribution in [-0.2, 0) is 20.7 Å². The molecule has 0 saturated carbocycles. The topological polar surface area (TPSA) is 55.8 Å². The van der Waals surface area contributed by atoms with Gasteiger partial charge in [-0.1, -0.05) is 43.0 Å². The number of esters is 1. The molecule has 5 nitrogen and oxygen atoms in total. The van der Waals surface area contributed by atoms with E-state index in [4.69, 9.17) is 9.47 Å². The Kier molecular flexibility index (Phi) is 6.27. The Morgan fingerprint density at radius 2 is 1.93 bits per heavy atom. The minimum absolute atomic E-state index is 0.0565. The van der Waals surface area contributed by atoms with Gasteiger partial charge in [-0.15, -0.1) is 0 Å². The van der Waals surface area contributed by atoms with E-state index in [1.54, 1.807) is 17.1 Å². The van der Waals surface area contributed by atoms with Crippen molar-refractivity contribution in [2.24, 2.45) is 0 Å². The standard InChI is InChI=1S/C23H23NO4/c1-3-14-27-20-11-8-18(9-12-20)10-13-23(26)28-16-22(25)24-17(2)15-19-6-4-5-7-21(19)24/h3-13,17H,1,14-16H2,2H3/b13-10-/t17-/m1/s1. The Hall–Kier alpha value is -3.34. The zero-order chi connectivity index (χ0) is 19.9. The van der Waals surface area contributed by atoms with Gasteiger partial charge in [-0.25, -0.2) is 4.79 Å². The number of carbonyl (C=O) groups excluding carboxylic acids is 2. The van der Waals surface area contributed by atoms with E-state index in [1.165, 1.54) is 6.08 Å². The van der Waals surface area contributed by atoms with Gasteiger partial charge in [-0.05, 0) is 48.7 Å².